The lowest BCUT2D eigenvalue weighted by atomic mass is 10.2. The molecule has 0 unspecified atom stereocenters. The van der Waals surface area contributed by atoms with E-state index in [4.69, 9.17) is 5.21 Å². The van der Waals surface area contributed by atoms with Gasteiger partial charge in [-0.2, -0.15) is 0 Å². The fourth-order valence-electron chi connectivity index (χ4n) is 1.33. The molecule has 106 valence electrons. The minimum absolute atomic E-state index is 0. The van der Waals surface area contributed by atoms with Gasteiger partial charge < -0.3 is 5.21 Å². The van der Waals surface area contributed by atoms with Crippen molar-refractivity contribution in [2.75, 3.05) is 0 Å². The Morgan fingerprint density at radius 3 is 1.68 bits per heavy atom. The van der Waals surface area contributed by atoms with Crippen molar-refractivity contribution in [3.8, 4) is 0 Å². The zero-order valence-corrected chi connectivity index (χ0v) is 12.4. The fourth-order valence-corrected chi connectivity index (χ4v) is 1.33. The molecule has 0 radical (unpaired) electrons. The van der Waals surface area contributed by atoms with Gasteiger partial charge in [0, 0.05) is 7.97 Å². The molecular weight excluding hydrogens is 234 g/mol. The summed E-state index contributed by atoms with van der Waals surface area (Å²) >= 11 is 0. The summed E-state index contributed by atoms with van der Waals surface area (Å²) in [5.41, 5.74) is 5.75. The topological polar surface area (TPSA) is 32.3 Å². The highest BCUT2D eigenvalue weighted by molar-refractivity contribution is 5.20. The second-order valence-corrected chi connectivity index (χ2v) is 3.98. The Morgan fingerprint density at radius 1 is 0.842 bits per heavy atom. The van der Waals surface area contributed by atoms with Gasteiger partial charge in [0.15, 0.2) is 0 Å². The Labute approximate surface area is 118 Å². The quantitative estimate of drug-likeness (QED) is 0.765. The van der Waals surface area contributed by atoms with E-state index in [1.54, 1.807) is 0 Å². The number of nitrogens with one attached hydrogen (secondary N) is 1. The molecule has 0 aliphatic rings. The summed E-state index contributed by atoms with van der Waals surface area (Å²) in [6.45, 7) is 8.64. The van der Waals surface area contributed by atoms with Gasteiger partial charge in [-0.25, -0.2) is 5.48 Å². The van der Waals surface area contributed by atoms with E-state index < -0.39 is 0 Å². The number of aryl methyl sites for hydroxylation is 2. The molecule has 0 heterocycles. The van der Waals surface area contributed by atoms with Crippen LogP contribution in [0.5, 0.6) is 0 Å². The maximum absolute atomic E-state index is 8.34. The highest BCUT2D eigenvalue weighted by Crippen LogP contribution is 2.01. The number of rotatable bonds is 2. The van der Waals surface area contributed by atoms with E-state index in [-0.39, 0.29) is 1.43 Å². The lowest BCUT2D eigenvalue weighted by Crippen LogP contribution is -2.05. The minimum atomic E-state index is 0. The number of hydrogen-bond donors (Lipinski definition) is 2. The first kappa shape index (κ1) is 17.4. The van der Waals surface area contributed by atoms with Crippen LogP contribution in [-0.2, 0) is 6.54 Å². The summed E-state index contributed by atoms with van der Waals surface area (Å²) in [4.78, 5) is 0. The molecule has 0 amide bonds. The molecule has 2 heteroatoms. The smallest absolute Gasteiger partial charge is 0.0458 e. The molecule has 2 nitrogen and oxygen atoms in total. The van der Waals surface area contributed by atoms with Gasteiger partial charge >= 0.3 is 0 Å². The predicted octanol–water partition coefficient (Wildman–Crippen LogP) is 4.74. The Balaban J connectivity index is 0. The highest BCUT2D eigenvalue weighted by Gasteiger charge is 1.88. The number of benzene rings is 2. The van der Waals surface area contributed by atoms with E-state index in [9.17, 15) is 0 Å². The molecule has 0 bridgehead atoms. The summed E-state index contributed by atoms with van der Waals surface area (Å²) in [5, 5.41) is 8.34. The van der Waals surface area contributed by atoms with Gasteiger partial charge in [0.1, 0.15) is 0 Å². The molecule has 0 fully saturated rings. The zero-order chi connectivity index (χ0) is 14.5. The van der Waals surface area contributed by atoms with Crippen LogP contribution in [0.25, 0.3) is 0 Å². The van der Waals surface area contributed by atoms with Crippen molar-refractivity contribution in [1.82, 2.24) is 5.48 Å². The third kappa shape index (κ3) is 9.00. The molecule has 2 aromatic rings. The van der Waals surface area contributed by atoms with Crippen molar-refractivity contribution >= 4 is 0 Å². The van der Waals surface area contributed by atoms with Crippen molar-refractivity contribution in [3.05, 3.63) is 71.3 Å². The molecule has 0 saturated carbocycles. The van der Waals surface area contributed by atoms with Gasteiger partial charge in [-0.15, -0.1) is 0 Å². The Hall–Kier alpha value is -1.64. The summed E-state index contributed by atoms with van der Waals surface area (Å²) in [7, 11) is 0. The van der Waals surface area contributed by atoms with Crippen LogP contribution in [0.3, 0.4) is 0 Å². The lowest BCUT2D eigenvalue weighted by Gasteiger charge is -1.97. The van der Waals surface area contributed by atoms with Gasteiger partial charge in [-0.05, 0) is 19.4 Å². The van der Waals surface area contributed by atoms with E-state index in [1.165, 1.54) is 11.1 Å². The molecule has 0 aliphatic heterocycles. The molecule has 2 N–H and O–H groups in total. The second-order valence-electron chi connectivity index (χ2n) is 3.98. The van der Waals surface area contributed by atoms with Gasteiger partial charge in [0.05, 0.1) is 0 Å². The van der Waals surface area contributed by atoms with Crippen LogP contribution in [0.4, 0.5) is 0 Å². The molecule has 0 spiro atoms. The monoisotopic (exact) mass is 261 g/mol. The SMILES string of the molecule is CC.Cc1ccc(CNO)cc1.Cc1ccccc1.[HH]. The Bertz CT molecular complexity index is 415. The summed E-state index contributed by atoms with van der Waals surface area (Å²) in [6.07, 6.45) is 0. The number of hydrogen-bond acceptors (Lipinski definition) is 2. The van der Waals surface area contributed by atoms with Crippen molar-refractivity contribution in [3.63, 3.8) is 0 Å². The van der Waals surface area contributed by atoms with E-state index >= 15 is 0 Å². The van der Waals surface area contributed by atoms with Gasteiger partial charge in [0.2, 0.25) is 0 Å². The predicted molar refractivity (Wildman–Crippen MR) is 84.4 cm³/mol. The number of hydroxylamine groups is 1. The third-order valence-electron chi connectivity index (χ3n) is 2.34. The van der Waals surface area contributed by atoms with Gasteiger partial charge in [-0.1, -0.05) is 79.6 Å². The summed E-state index contributed by atoms with van der Waals surface area (Å²) in [6, 6.07) is 18.3. The van der Waals surface area contributed by atoms with E-state index in [2.05, 4.69) is 24.5 Å². The van der Waals surface area contributed by atoms with Crippen molar-refractivity contribution in [2.24, 2.45) is 0 Å². The summed E-state index contributed by atoms with van der Waals surface area (Å²) in [5.74, 6) is 0. The maximum Gasteiger partial charge on any atom is 0.0458 e. The van der Waals surface area contributed by atoms with E-state index in [0.717, 1.165) is 5.56 Å². The lowest BCUT2D eigenvalue weighted by molar-refractivity contribution is 0.161. The first-order valence-corrected chi connectivity index (χ1v) is 6.66. The molecule has 0 aromatic heterocycles. The molecule has 19 heavy (non-hydrogen) atoms. The van der Waals surface area contributed by atoms with Crippen LogP contribution in [0, 0.1) is 13.8 Å². The third-order valence-corrected chi connectivity index (χ3v) is 2.34. The molecule has 2 aromatic carbocycles. The van der Waals surface area contributed by atoms with Crippen LogP contribution >= 0.6 is 0 Å². The first-order chi connectivity index (χ1) is 9.22. The van der Waals surface area contributed by atoms with Gasteiger partial charge in [-0.3, -0.25) is 0 Å². The zero-order valence-electron chi connectivity index (χ0n) is 12.4. The van der Waals surface area contributed by atoms with Crippen molar-refractivity contribution in [2.45, 2.75) is 34.2 Å². The minimum Gasteiger partial charge on any atom is -0.316 e. The molecule has 0 atom stereocenters. The average molecular weight is 261 g/mol. The normalized spacial score (nSPS) is 8.68. The largest absolute Gasteiger partial charge is 0.316 e. The molecular formula is C17H27NO. The fraction of sp³-hybridized carbons (Fsp3) is 0.294. The first-order valence-electron chi connectivity index (χ1n) is 6.66. The Morgan fingerprint density at radius 2 is 1.32 bits per heavy atom. The maximum atomic E-state index is 8.34. The van der Waals surface area contributed by atoms with Crippen LogP contribution in [0.2, 0.25) is 0 Å². The standard InChI is InChI=1S/C8H11NO.C7H8.C2H6.H2/c1-7-2-4-8(5-3-7)6-9-10;1-7-5-3-2-4-6-7;1-2;/h2-5,9-10H,6H2,1H3;2-6H,1H3;1-2H3;1H. The second kappa shape index (κ2) is 11.5. The van der Waals surface area contributed by atoms with Crippen LogP contribution in [-0.4, -0.2) is 5.21 Å². The van der Waals surface area contributed by atoms with E-state index in [1.807, 2.05) is 63.2 Å². The van der Waals surface area contributed by atoms with Crippen molar-refractivity contribution < 1.29 is 6.63 Å². The Kier molecular flexibility index (Phi) is 10.5. The molecule has 0 aliphatic carbocycles. The average Bonchev–Trinajstić information content (AvgIpc) is 2.45. The molecule has 0 saturated heterocycles. The van der Waals surface area contributed by atoms with Crippen LogP contribution in [0.1, 0.15) is 32.0 Å². The summed E-state index contributed by atoms with van der Waals surface area (Å²) < 4.78 is 0. The van der Waals surface area contributed by atoms with Crippen LogP contribution < -0.4 is 5.48 Å². The van der Waals surface area contributed by atoms with E-state index in [0.29, 0.717) is 6.54 Å². The van der Waals surface area contributed by atoms with Crippen molar-refractivity contribution in [1.29, 1.82) is 0 Å². The molecule has 2 rings (SSSR count). The van der Waals surface area contributed by atoms with Crippen LogP contribution in [0.15, 0.2) is 54.6 Å². The highest BCUT2D eigenvalue weighted by atomic mass is 16.5. The van der Waals surface area contributed by atoms with Gasteiger partial charge in [0.25, 0.3) is 0 Å².